The lowest BCUT2D eigenvalue weighted by atomic mass is 10.0. The average molecular weight is 530 g/mol. The largest absolute Gasteiger partial charge is 0.378 e. The third kappa shape index (κ3) is 6.30. The highest BCUT2D eigenvalue weighted by atomic mass is 32.1. The van der Waals surface area contributed by atoms with Gasteiger partial charge in [0.15, 0.2) is 11.6 Å². The van der Waals surface area contributed by atoms with Gasteiger partial charge in [0.2, 0.25) is 0 Å². The molecule has 0 bridgehead atoms. The number of amides is 1. The minimum atomic E-state index is -0.925. The van der Waals surface area contributed by atoms with Crippen molar-refractivity contribution in [3.63, 3.8) is 0 Å². The number of aromatic nitrogens is 2. The summed E-state index contributed by atoms with van der Waals surface area (Å²) in [6, 6.07) is 6.93. The van der Waals surface area contributed by atoms with Gasteiger partial charge >= 0.3 is 0 Å². The summed E-state index contributed by atoms with van der Waals surface area (Å²) < 4.78 is 32.7. The maximum absolute atomic E-state index is 13.8. The van der Waals surface area contributed by atoms with Crippen LogP contribution in [0.25, 0.3) is 11.0 Å². The molecule has 1 aliphatic carbocycles. The van der Waals surface area contributed by atoms with Crippen molar-refractivity contribution in [2.45, 2.75) is 38.6 Å². The normalized spacial score (nSPS) is 16.9. The van der Waals surface area contributed by atoms with E-state index in [2.05, 4.69) is 20.5 Å². The number of hydrogen-bond donors (Lipinski definition) is 2. The molecule has 0 radical (unpaired) electrons. The Balaban J connectivity index is 0.00000320. The first-order valence-electron chi connectivity index (χ1n) is 12.6. The van der Waals surface area contributed by atoms with E-state index in [1.54, 1.807) is 12.3 Å². The summed E-state index contributed by atoms with van der Waals surface area (Å²) in [5.41, 5.74) is 2.96. The molecule has 2 aliphatic rings. The molecule has 1 unspecified atom stereocenters. The highest BCUT2D eigenvalue weighted by molar-refractivity contribution is 7.59. The molecule has 1 saturated heterocycles. The topological polar surface area (TPSA) is 79.4 Å². The van der Waals surface area contributed by atoms with E-state index in [9.17, 15) is 13.6 Å². The van der Waals surface area contributed by atoms with Gasteiger partial charge in [-0.1, -0.05) is 12.8 Å². The second kappa shape index (κ2) is 12.0. The van der Waals surface area contributed by atoms with Crippen molar-refractivity contribution in [3.8, 4) is 0 Å². The van der Waals surface area contributed by atoms with Crippen LogP contribution in [-0.4, -0.2) is 48.7 Å². The number of anilines is 2. The van der Waals surface area contributed by atoms with Crippen LogP contribution in [0.5, 0.6) is 0 Å². The van der Waals surface area contributed by atoms with Gasteiger partial charge in [0.05, 0.1) is 36.5 Å². The molecule has 5 rings (SSSR count). The van der Waals surface area contributed by atoms with Gasteiger partial charge in [-0.3, -0.25) is 9.78 Å². The van der Waals surface area contributed by atoms with E-state index in [0.29, 0.717) is 48.0 Å². The van der Waals surface area contributed by atoms with E-state index in [-0.39, 0.29) is 25.4 Å². The summed E-state index contributed by atoms with van der Waals surface area (Å²) in [6.07, 6.45) is 6.46. The number of benzene rings is 2. The minimum absolute atomic E-state index is 0. The van der Waals surface area contributed by atoms with Gasteiger partial charge in [-0.05, 0) is 49.9 Å². The Kier molecular flexibility index (Phi) is 8.81. The second-order valence-corrected chi connectivity index (χ2v) is 9.62. The third-order valence-electron chi connectivity index (χ3n) is 7.06. The third-order valence-corrected chi connectivity index (χ3v) is 7.06. The fourth-order valence-corrected chi connectivity index (χ4v) is 5.01. The average Bonchev–Trinajstić information content (AvgIpc) is 3.43. The zero-order valence-electron chi connectivity index (χ0n) is 20.9. The fourth-order valence-electron chi connectivity index (χ4n) is 5.01. The van der Waals surface area contributed by atoms with Gasteiger partial charge in [0.1, 0.15) is 5.82 Å². The van der Waals surface area contributed by atoms with Crippen molar-refractivity contribution in [1.29, 1.82) is 0 Å². The number of carbonyl (C=O) groups excluding carboxylic acids is 1. The van der Waals surface area contributed by atoms with Crippen molar-refractivity contribution in [1.82, 2.24) is 15.3 Å². The number of fused-ring (bicyclic) bond motifs is 1. The van der Waals surface area contributed by atoms with Gasteiger partial charge in [0, 0.05) is 42.5 Å². The fraction of sp³-hybridized carbons (Fsp3) is 0.444. The molecule has 3 aromatic rings. The van der Waals surface area contributed by atoms with Gasteiger partial charge < -0.3 is 20.3 Å². The van der Waals surface area contributed by atoms with Crippen LogP contribution >= 0.6 is 13.5 Å². The van der Waals surface area contributed by atoms with E-state index in [4.69, 9.17) is 9.72 Å². The summed E-state index contributed by atoms with van der Waals surface area (Å²) in [4.78, 5) is 24.8. The maximum Gasteiger partial charge on any atom is 0.251 e. The Bertz CT molecular complexity index is 1250. The minimum Gasteiger partial charge on any atom is -0.378 e. The maximum atomic E-state index is 13.8. The molecule has 1 saturated carbocycles. The first-order valence-corrected chi connectivity index (χ1v) is 12.6. The molecule has 1 aliphatic heterocycles. The van der Waals surface area contributed by atoms with E-state index >= 15 is 0 Å². The number of hydrogen-bond acceptors (Lipinski definition) is 6. The van der Waals surface area contributed by atoms with Crippen molar-refractivity contribution in [3.05, 3.63) is 59.3 Å². The number of rotatable bonds is 7. The molecule has 7 nitrogen and oxygen atoms in total. The van der Waals surface area contributed by atoms with Gasteiger partial charge in [-0.15, -0.1) is 0 Å². The van der Waals surface area contributed by atoms with Crippen LogP contribution < -0.4 is 15.5 Å². The number of ether oxygens (including phenoxy) is 1. The molecule has 37 heavy (non-hydrogen) atoms. The Hall–Kier alpha value is -2.98. The van der Waals surface area contributed by atoms with Crippen LogP contribution in [0.2, 0.25) is 0 Å². The van der Waals surface area contributed by atoms with Gasteiger partial charge in [-0.25, -0.2) is 13.8 Å². The molecule has 2 aromatic carbocycles. The number of nitrogens with one attached hydrogen (secondary N) is 2. The van der Waals surface area contributed by atoms with Crippen molar-refractivity contribution in [2.24, 2.45) is 5.92 Å². The Morgan fingerprint density at radius 3 is 2.62 bits per heavy atom. The van der Waals surface area contributed by atoms with Crippen LogP contribution in [-0.2, 0) is 4.74 Å². The van der Waals surface area contributed by atoms with Gasteiger partial charge in [0.25, 0.3) is 5.91 Å². The Labute approximate surface area is 222 Å². The predicted molar refractivity (Wildman–Crippen MR) is 146 cm³/mol. The van der Waals surface area contributed by atoms with Crippen molar-refractivity contribution >= 4 is 41.9 Å². The molecular formula is C27H33F2N5O2S. The van der Waals surface area contributed by atoms with Crippen molar-refractivity contribution < 1.29 is 18.3 Å². The molecule has 198 valence electrons. The van der Waals surface area contributed by atoms with Crippen molar-refractivity contribution in [2.75, 3.05) is 43.1 Å². The second-order valence-electron chi connectivity index (χ2n) is 9.62. The SMILES string of the molecule is CC(Nc1ccc(F)c(F)c1)c1cc(C(=O)NCC2CCCC2)cc2ncc(N3CCOCC3)nc12.S. The van der Waals surface area contributed by atoms with E-state index in [1.165, 1.54) is 18.9 Å². The number of nitrogens with zero attached hydrogens (tertiary/aromatic N) is 3. The molecule has 1 amide bonds. The number of carbonyl (C=O) groups is 1. The lowest BCUT2D eigenvalue weighted by Gasteiger charge is -2.28. The Morgan fingerprint density at radius 2 is 1.89 bits per heavy atom. The number of halogens is 2. The lowest BCUT2D eigenvalue weighted by molar-refractivity contribution is 0.0947. The molecule has 2 N–H and O–H groups in total. The van der Waals surface area contributed by atoms with Crippen LogP contribution in [0.1, 0.15) is 54.6 Å². The first kappa shape index (κ1) is 27.1. The zero-order valence-corrected chi connectivity index (χ0v) is 21.9. The van der Waals surface area contributed by atoms with Crippen LogP contribution in [0.4, 0.5) is 20.3 Å². The molecule has 1 aromatic heterocycles. The zero-order chi connectivity index (χ0) is 25.1. The summed E-state index contributed by atoms with van der Waals surface area (Å²) in [5, 5.41) is 6.30. The lowest BCUT2D eigenvalue weighted by Crippen LogP contribution is -2.36. The summed E-state index contributed by atoms with van der Waals surface area (Å²) >= 11 is 0. The molecule has 1 atom stereocenters. The summed E-state index contributed by atoms with van der Waals surface area (Å²) in [5.74, 6) is -0.708. The molecular weight excluding hydrogens is 496 g/mol. The highest BCUT2D eigenvalue weighted by Crippen LogP contribution is 2.29. The highest BCUT2D eigenvalue weighted by Gasteiger charge is 2.21. The van der Waals surface area contributed by atoms with Crippen LogP contribution in [0.3, 0.4) is 0 Å². The Morgan fingerprint density at radius 1 is 1.14 bits per heavy atom. The smallest absolute Gasteiger partial charge is 0.251 e. The summed E-state index contributed by atoms with van der Waals surface area (Å²) in [6.45, 7) is 5.26. The van der Waals surface area contributed by atoms with Gasteiger partial charge in [-0.2, -0.15) is 13.5 Å². The molecule has 2 fully saturated rings. The first-order chi connectivity index (χ1) is 17.5. The molecule has 2 heterocycles. The van der Waals surface area contributed by atoms with E-state index < -0.39 is 11.6 Å². The summed E-state index contributed by atoms with van der Waals surface area (Å²) in [7, 11) is 0. The van der Waals surface area contributed by atoms with Crippen LogP contribution in [0.15, 0.2) is 36.5 Å². The standard InChI is InChI=1S/C27H31F2N5O2.H2S/c1-17(32-20-6-7-22(28)23(29)14-20)21-12-19(27(35)31-15-18-4-2-3-5-18)13-24-26(21)33-25(16-30-24)34-8-10-36-11-9-34;/h6-7,12-14,16-18,32H,2-5,8-11,15H2,1H3,(H,31,35);1H2. The number of morpholine rings is 1. The molecule has 10 heteroatoms. The van der Waals surface area contributed by atoms with Crippen LogP contribution in [0, 0.1) is 17.6 Å². The molecule has 0 spiro atoms. The van der Waals surface area contributed by atoms with E-state index in [0.717, 1.165) is 49.4 Å². The van der Waals surface area contributed by atoms with E-state index in [1.807, 2.05) is 13.0 Å². The quantitative estimate of drug-likeness (QED) is 0.451. The predicted octanol–water partition coefficient (Wildman–Crippen LogP) is 4.95. The monoisotopic (exact) mass is 529 g/mol.